The maximum absolute atomic E-state index is 12.4. The number of carbonyl (C=O) groups excluding carboxylic acids is 1. The quantitative estimate of drug-likeness (QED) is 0.902. The van der Waals surface area contributed by atoms with Gasteiger partial charge in [0.15, 0.2) is 0 Å². The van der Waals surface area contributed by atoms with Crippen LogP contribution in [0.5, 0.6) is 11.5 Å². The highest BCUT2D eigenvalue weighted by Crippen LogP contribution is 2.31. The molecule has 0 bridgehead atoms. The minimum Gasteiger partial charge on any atom is -0.497 e. The van der Waals surface area contributed by atoms with Gasteiger partial charge in [0.1, 0.15) is 24.1 Å². The second-order valence-corrected chi connectivity index (χ2v) is 5.15. The summed E-state index contributed by atoms with van der Waals surface area (Å²) in [5.74, 6) is -0.175. The van der Waals surface area contributed by atoms with Crippen LogP contribution in [-0.2, 0) is 16.0 Å². The molecule has 0 saturated heterocycles. The van der Waals surface area contributed by atoms with Gasteiger partial charge >= 0.3 is 5.97 Å². The van der Waals surface area contributed by atoms with Gasteiger partial charge in [-0.2, -0.15) is 0 Å². The van der Waals surface area contributed by atoms with Crippen molar-refractivity contribution in [3.63, 3.8) is 0 Å². The van der Waals surface area contributed by atoms with E-state index < -0.39 is 12.0 Å². The standard InChI is InChI=1S/C15H19NO5/c1-9(15(18)19)16(2)14(17)11-6-10-7-12(20-3)4-5-13(10)21-8-11/h4-5,7,9,11H,6,8H2,1-3H3,(H,18,19). The van der Waals surface area contributed by atoms with Crippen LogP contribution in [-0.4, -0.2) is 48.7 Å². The number of ether oxygens (including phenoxy) is 2. The van der Waals surface area contributed by atoms with Crippen molar-refractivity contribution in [3.8, 4) is 11.5 Å². The number of hydrogen-bond donors (Lipinski definition) is 1. The Bertz CT molecular complexity index is 557. The number of carboxylic acids is 1. The van der Waals surface area contributed by atoms with E-state index in [4.69, 9.17) is 14.6 Å². The molecule has 0 fully saturated rings. The Morgan fingerprint density at radius 1 is 1.48 bits per heavy atom. The van der Waals surface area contributed by atoms with Gasteiger partial charge in [-0.15, -0.1) is 0 Å². The van der Waals surface area contributed by atoms with Crippen molar-refractivity contribution in [1.29, 1.82) is 0 Å². The van der Waals surface area contributed by atoms with Crippen LogP contribution in [0.4, 0.5) is 0 Å². The van der Waals surface area contributed by atoms with Crippen LogP contribution in [0.25, 0.3) is 0 Å². The van der Waals surface area contributed by atoms with E-state index in [9.17, 15) is 9.59 Å². The highest BCUT2D eigenvalue weighted by molar-refractivity contribution is 5.85. The number of hydrogen-bond acceptors (Lipinski definition) is 4. The summed E-state index contributed by atoms with van der Waals surface area (Å²) in [5.41, 5.74) is 0.898. The molecule has 1 amide bonds. The van der Waals surface area contributed by atoms with Crippen molar-refractivity contribution in [2.75, 3.05) is 20.8 Å². The van der Waals surface area contributed by atoms with Gasteiger partial charge in [-0.05, 0) is 37.1 Å². The summed E-state index contributed by atoms with van der Waals surface area (Å²) < 4.78 is 10.8. The second kappa shape index (κ2) is 6.03. The van der Waals surface area contributed by atoms with Crippen molar-refractivity contribution < 1.29 is 24.2 Å². The smallest absolute Gasteiger partial charge is 0.326 e. The lowest BCUT2D eigenvalue weighted by molar-refractivity contribution is -0.150. The molecule has 0 radical (unpaired) electrons. The summed E-state index contributed by atoms with van der Waals surface area (Å²) in [5, 5.41) is 8.98. The first kappa shape index (κ1) is 15.2. The molecule has 1 aliphatic rings. The first-order valence-corrected chi connectivity index (χ1v) is 6.73. The van der Waals surface area contributed by atoms with E-state index in [1.54, 1.807) is 13.2 Å². The van der Waals surface area contributed by atoms with Gasteiger partial charge in [0.25, 0.3) is 0 Å². The third kappa shape index (κ3) is 3.09. The first-order chi connectivity index (χ1) is 9.93. The minimum atomic E-state index is -1.02. The number of carboxylic acid groups (broad SMARTS) is 1. The third-order valence-corrected chi connectivity index (χ3v) is 3.81. The van der Waals surface area contributed by atoms with Crippen LogP contribution in [0.15, 0.2) is 18.2 Å². The van der Waals surface area contributed by atoms with E-state index in [1.165, 1.54) is 18.9 Å². The number of aliphatic carboxylic acids is 1. The summed E-state index contributed by atoms with van der Waals surface area (Å²) in [6.45, 7) is 1.75. The Labute approximate surface area is 123 Å². The third-order valence-electron chi connectivity index (χ3n) is 3.81. The highest BCUT2D eigenvalue weighted by Gasteiger charge is 2.32. The van der Waals surface area contributed by atoms with Gasteiger partial charge in [-0.25, -0.2) is 4.79 Å². The van der Waals surface area contributed by atoms with E-state index in [1.807, 2.05) is 12.1 Å². The SMILES string of the molecule is COc1ccc2c(c1)CC(C(=O)N(C)C(C)C(=O)O)CO2. The van der Waals surface area contributed by atoms with Gasteiger partial charge in [-0.1, -0.05) is 0 Å². The van der Waals surface area contributed by atoms with E-state index in [2.05, 4.69) is 0 Å². The summed E-state index contributed by atoms with van der Waals surface area (Å²) >= 11 is 0. The lowest BCUT2D eigenvalue weighted by Crippen LogP contribution is -2.45. The Morgan fingerprint density at radius 3 is 2.81 bits per heavy atom. The molecule has 21 heavy (non-hydrogen) atoms. The normalized spacial score (nSPS) is 18.1. The van der Waals surface area contributed by atoms with E-state index in [0.717, 1.165) is 11.3 Å². The van der Waals surface area contributed by atoms with Gasteiger partial charge in [0.2, 0.25) is 5.91 Å². The first-order valence-electron chi connectivity index (χ1n) is 6.73. The molecule has 1 aliphatic heterocycles. The molecule has 0 spiro atoms. The predicted molar refractivity (Wildman–Crippen MR) is 75.6 cm³/mol. The summed E-state index contributed by atoms with van der Waals surface area (Å²) in [6.07, 6.45) is 0.516. The van der Waals surface area contributed by atoms with E-state index >= 15 is 0 Å². The zero-order valence-corrected chi connectivity index (χ0v) is 12.3. The predicted octanol–water partition coefficient (Wildman–Crippen LogP) is 1.18. The second-order valence-electron chi connectivity index (χ2n) is 5.15. The lowest BCUT2D eigenvalue weighted by Gasteiger charge is -2.30. The minimum absolute atomic E-state index is 0.224. The molecular weight excluding hydrogens is 274 g/mol. The zero-order valence-electron chi connectivity index (χ0n) is 12.3. The van der Waals surface area contributed by atoms with Crippen molar-refractivity contribution >= 4 is 11.9 Å². The van der Waals surface area contributed by atoms with Crippen LogP contribution < -0.4 is 9.47 Å². The number of rotatable bonds is 4. The number of benzene rings is 1. The molecule has 6 heteroatoms. The van der Waals surface area contributed by atoms with Crippen molar-refractivity contribution in [3.05, 3.63) is 23.8 Å². The Balaban J connectivity index is 2.13. The molecule has 0 aliphatic carbocycles. The fourth-order valence-electron chi connectivity index (χ4n) is 2.30. The average Bonchev–Trinajstić information content (AvgIpc) is 2.51. The Morgan fingerprint density at radius 2 is 2.19 bits per heavy atom. The van der Waals surface area contributed by atoms with Crippen LogP contribution in [0.3, 0.4) is 0 Å². The maximum atomic E-state index is 12.4. The summed E-state index contributed by atoms with van der Waals surface area (Å²) in [7, 11) is 3.08. The van der Waals surface area contributed by atoms with Crippen molar-refractivity contribution in [2.45, 2.75) is 19.4 Å². The number of carbonyl (C=O) groups is 2. The molecule has 1 aromatic rings. The van der Waals surface area contributed by atoms with Gasteiger partial charge in [0, 0.05) is 7.05 Å². The van der Waals surface area contributed by atoms with Crippen LogP contribution in [0.2, 0.25) is 0 Å². The monoisotopic (exact) mass is 293 g/mol. The lowest BCUT2D eigenvalue weighted by atomic mass is 9.95. The summed E-state index contributed by atoms with van der Waals surface area (Å²) in [6, 6.07) is 4.61. The number of likely N-dealkylation sites (N-methyl/N-ethyl adjacent to an activating group) is 1. The fraction of sp³-hybridized carbons (Fsp3) is 0.467. The van der Waals surface area contributed by atoms with Crippen LogP contribution in [0, 0.1) is 5.92 Å². The number of amides is 1. The number of fused-ring (bicyclic) bond motifs is 1. The molecule has 114 valence electrons. The van der Waals surface area contributed by atoms with Crippen molar-refractivity contribution in [1.82, 2.24) is 4.90 Å². The molecule has 6 nitrogen and oxygen atoms in total. The van der Waals surface area contributed by atoms with Crippen LogP contribution >= 0.6 is 0 Å². The van der Waals surface area contributed by atoms with Crippen LogP contribution in [0.1, 0.15) is 12.5 Å². The number of nitrogens with zero attached hydrogens (tertiary/aromatic N) is 1. The molecule has 2 unspecified atom stereocenters. The molecule has 1 N–H and O–H groups in total. The Hall–Kier alpha value is -2.24. The molecule has 2 rings (SSSR count). The van der Waals surface area contributed by atoms with E-state index in [-0.39, 0.29) is 18.4 Å². The van der Waals surface area contributed by atoms with Gasteiger partial charge in [-0.3, -0.25) is 4.79 Å². The average molecular weight is 293 g/mol. The highest BCUT2D eigenvalue weighted by atomic mass is 16.5. The van der Waals surface area contributed by atoms with Gasteiger partial charge in [0.05, 0.1) is 13.0 Å². The maximum Gasteiger partial charge on any atom is 0.326 e. The fourth-order valence-corrected chi connectivity index (χ4v) is 2.30. The number of methoxy groups -OCH3 is 1. The molecule has 2 atom stereocenters. The molecule has 0 saturated carbocycles. The summed E-state index contributed by atoms with van der Waals surface area (Å²) in [4.78, 5) is 24.6. The topological polar surface area (TPSA) is 76.1 Å². The van der Waals surface area contributed by atoms with Gasteiger partial charge < -0.3 is 19.5 Å². The molecule has 0 aromatic heterocycles. The molecule has 1 aromatic carbocycles. The zero-order chi connectivity index (χ0) is 15.6. The largest absolute Gasteiger partial charge is 0.497 e. The molecule has 1 heterocycles. The van der Waals surface area contributed by atoms with E-state index in [0.29, 0.717) is 12.2 Å². The Kier molecular flexibility index (Phi) is 4.35. The van der Waals surface area contributed by atoms with Crippen molar-refractivity contribution in [2.24, 2.45) is 5.92 Å². The molecular formula is C15H19NO5.